The lowest BCUT2D eigenvalue weighted by Crippen LogP contribution is -2.29. The topological polar surface area (TPSA) is 78.5 Å². The van der Waals surface area contributed by atoms with Crippen molar-refractivity contribution >= 4 is 75.2 Å². The van der Waals surface area contributed by atoms with Gasteiger partial charge in [0, 0.05) is 28.8 Å². The third-order valence-corrected chi connectivity index (χ3v) is 6.75. The summed E-state index contributed by atoms with van der Waals surface area (Å²) in [7, 11) is 0. The van der Waals surface area contributed by atoms with Crippen LogP contribution in [0.15, 0.2) is 48.5 Å². The highest BCUT2D eigenvalue weighted by molar-refractivity contribution is 7.16. The minimum atomic E-state index is -0.536. The Labute approximate surface area is 210 Å². The summed E-state index contributed by atoms with van der Waals surface area (Å²) in [5.74, 6) is -1.20. The zero-order valence-corrected chi connectivity index (χ0v) is 20.8. The van der Waals surface area contributed by atoms with E-state index in [-0.39, 0.29) is 27.1 Å². The van der Waals surface area contributed by atoms with Crippen LogP contribution in [0.5, 0.6) is 0 Å². The number of nitrogens with zero attached hydrogens (tertiary/aromatic N) is 1. The van der Waals surface area contributed by atoms with Gasteiger partial charge in [0.1, 0.15) is 4.88 Å². The van der Waals surface area contributed by atoms with Crippen LogP contribution in [0.25, 0.3) is 0 Å². The highest BCUT2D eigenvalue weighted by Crippen LogP contribution is 2.30. The molecule has 0 aliphatic heterocycles. The van der Waals surface area contributed by atoms with Crippen molar-refractivity contribution in [1.29, 1.82) is 0 Å². The molecular weight excluding hydrogens is 505 g/mol. The van der Waals surface area contributed by atoms with Gasteiger partial charge in [-0.05, 0) is 62.4 Å². The zero-order chi connectivity index (χ0) is 24.1. The van der Waals surface area contributed by atoms with Gasteiger partial charge in [-0.2, -0.15) is 0 Å². The number of anilines is 2. The molecule has 0 atom stereocenters. The minimum Gasteiger partial charge on any atom is -0.339 e. The fourth-order valence-electron chi connectivity index (χ4n) is 3.02. The number of nitrogens with one attached hydrogen (secondary N) is 2. The molecular formula is C23H20Cl3N3O3S. The third kappa shape index (κ3) is 6.06. The molecule has 3 rings (SSSR count). The van der Waals surface area contributed by atoms with Crippen molar-refractivity contribution in [3.8, 4) is 0 Å². The first-order chi connectivity index (χ1) is 15.7. The second-order valence-corrected chi connectivity index (χ2v) is 9.20. The van der Waals surface area contributed by atoms with Gasteiger partial charge in [-0.1, -0.05) is 34.8 Å². The highest BCUT2D eigenvalue weighted by Gasteiger charge is 2.23. The van der Waals surface area contributed by atoms with Crippen molar-refractivity contribution < 1.29 is 14.4 Å². The highest BCUT2D eigenvalue weighted by atomic mass is 35.5. The van der Waals surface area contributed by atoms with E-state index in [4.69, 9.17) is 34.8 Å². The summed E-state index contributed by atoms with van der Waals surface area (Å²) >= 11 is 19.2. The molecule has 0 saturated carbocycles. The Morgan fingerprint density at radius 3 is 2.12 bits per heavy atom. The number of thiophene rings is 1. The summed E-state index contributed by atoms with van der Waals surface area (Å²) in [6, 6.07) is 12.6. The number of carbonyl (C=O) groups excluding carboxylic acids is 3. The van der Waals surface area contributed by atoms with E-state index in [0.29, 0.717) is 33.7 Å². The van der Waals surface area contributed by atoms with Crippen LogP contribution in [0, 0.1) is 0 Å². The smallest absolute Gasteiger partial charge is 0.267 e. The first kappa shape index (κ1) is 25.1. The van der Waals surface area contributed by atoms with Gasteiger partial charge in [-0.3, -0.25) is 14.4 Å². The molecule has 0 fully saturated rings. The molecule has 0 spiro atoms. The van der Waals surface area contributed by atoms with E-state index in [1.54, 1.807) is 35.2 Å². The number of amides is 3. The summed E-state index contributed by atoms with van der Waals surface area (Å²) in [6.45, 7) is 4.84. The Balaban J connectivity index is 1.84. The second kappa shape index (κ2) is 11.0. The Hall–Kier alpha value is -2.58. The molecule has 10 heteroatoms. The van der Waals surface area contributed by atoms with Crippen LogP contribution in [0.1, 0.15) is 43.5 Å². The predicted octanol–water partition coefficient (Wildman–Crippen LogP) is 6.69. The summed E-state index contributed by atoms with van der Waals surface area (Å²) in [5.41, 5.74) is 0.942. The van der Waals surface area contributed by atoms with Gasteiger partial charge in [0.05, 0.1) is 21.2 Å². The molecule has 33 heavy (non-hydrogen) atoms. The molecule has 3 aromatic rings. The van der Waals surface area contributed by atoms with Crippen molar-refractivity contribution in [2.24, 2.45) is 0 Å². The van der Waals surface area contributed by atoms with Gasteiger partial charge >= 0.3 is 0 Å². The molecule has 0 aliphatic carbocycles. The maximum atomic E-state index is 12.9. The van der Waals surface area contributed by atoms with Gasteiger partial charge in [0.2, 0.25) is 0 Å². The van der Waals surface area contributed by atoms with Crippen LogP contribution in [0.3, 0.4) is 0 Å². The largest absolute Gasteiger partial charge is 0.339 e. The standard InChI is InChI=1S/C23H20Cl3N3O3S/c1-3-29(4-2)23(32)19-12-17(26)20(33-19)22(31)28-18-10-7-14(25)11-16(18)21(30)27-15-8-5-13(24)6-9-15/h5-12H,3-4H2,1-2H3,(H,27,30)(H,28,31). The summed E-state index contributed by atoms with van der Waals surface area (Å²) in [5, 5.41) is 6.47. The van der Waals surface area contributed by atoms with E-state index in [1.165, 1.54) is 18.2 Å². The number of benzene rings is 2. The normalized spacial score (nSPS) is 10.6. The van der Waals surface area contributed by atoms with E-state index in [1.807, 2.05) is 13.8 Å². The van der Waals surface area contributed by atoms with Gasteiger partial charge in [-0.25, -0.2) is 0 Å². The van der Waals surface area contributed by atoms with Gasteiger partial charge in [-0.15, -0.1) is 11.3 Å². The van der Waals surface area contributed by atoms with E-state index in [9.17, 15) is 14.4 Å². The lowest BCUT2D eigenvalue weighted by atomic mass is 10.1. The average molecular weight is 525 g/mol. The Bertz CT molecular complexity index is 1190. The molecule has 1 heterocycles. The van der Waals surface area contributed by atoms with Gasteiger partial charge in [0.15, 0.2) is 0 Å². The monoisotopic (exact) mass is 523 g/mol. The van der Waals surface area contributed by atoms with E-state index < -0.39 is 11.8 Å². The van der Waals surface area contributed by atoms with Crippen LogP contribution in [0.4, 0.5) is 11.4 Å². The van der Waals surface area contributed by atoms with Crippen LogP contribution >= 0.6 is 46.1 Å². The number of hydrogen-bond acceptors (Lipinski definition) is 4. The van der Waals surface area contributed by atoms with E-state index in [2.05, 4.69) is 10.6 Å². The first-order valence-electron chi connectivity index (χ1n) is 9.99. The predicted molar refractivity (Wildman–Crippen MR) is 135 cm³/mol. The molecule has 0 radical (unpaired) electrons. The third-order valence-electron chi connectivity index (χ3n) is 4.73. The van der Waals surface area contributed by atoms with Crippen LogP contribution in [-0.2, 0) is 0 Å². The van der Waals surface area contributed by atoms with Crippen LogP contribution < -0.4 is 10.6 Å². The molecule has 0 bridgehead atoms. The van der Waals surface area contributed by atoms with Crippen molar-refractivity contribution in [3.63, 3.8) is 0 Å². The summed E-state index contributed by atoms with van der Waals surface area (Å²) < 4.78 is 0. The first-order valence-corrected chi connectivity index (χ1v) is 11.9. The number of halogens is 3. The van der Waals surface area contributed by atoms with Crippen molar-refractivity contribution in [2.45, 2.75) is 13.8 Å². The van der Waals surface area contributed by atoms with Gasteiger partial charge in [0.25, 0.3) is 17.7 Å². The molecule has 2 aromatic carbocycles. The molecule has 0 unspecified atom stereocenters. The van der Waals surface area contributed by atoms with Crippen molar-refractivity contribution in [3.05, 3.63) is 78.9 Å². The van der Waals surface area contributed by atoms with E-state index in [0.717, 1.165) is 11.3 Å². The molecule has 1 aromatic heterocycles. The quantitative estimate of drug-likeness (QED) is 0.361. The average Bonchev–Trinajstić information content (AvgIpc) is 3.19. The fraction of sp³-hybridized carbons (Fsp3) is 0.174. The molecule has 0 saturated heterocycles. The maximum Gasteiger partial charge on any atom is 0.267 e. The maximum absolute atomic E-state index is 12.9. The Morgan fingerprint density at radius 1 is 0.848 bits per heavy atom. The minimum absolute atomic E-state index is 0.161. The molecule has 3 amide bonds. The van der Waals surface area contributed by atoms with Crippen LogP contribution in [0.2, 0.25) is 15.1 Å². The van der Waals surface area contributed by atoms with Crippen molar-refractivity contribution in [2.75, 3.05) is 23.7 Å². The van der Waals surface area contributed by atoms with E-state index >= 15 is 0 Å². The Morgan fingerprint density at radius 2 is 1.48 bits per heavy atom. The van der Waals surface area contributed by atoms with Gasteiger partial charge < -0.3 is 15.5 Å². The second-order valence-electron chi connectivity index (χ2n) is 6.87. The molecule has 172 valence electrons. The molecule has 2 N–H and O–H groups in total. The number of hydrogen-bond donors (Lipinski definition) is 2. The van der Waals surface area contributed by atoms with Crippen LogP contribution in [-0.4, -0.2) is 35.7 Å². The summed E-state index contributed by atoms with van der Waals surface area (Å²) in [4.78, 5) is 40.6. The SMILES string of the molecule is CCN(CC)C(=O)c1cc(Cl)c(C(=O)Nc2ccc(Cl)cc2C(=O)Nc2ccc(Cl)cc2)s1. The lowest BCUT2D eigenvalue weighted by Gasteiger charge is -2.17. The molecule has 6 nitrogen and oxygen atoms in total. The Kier molecular flexibility index (Phi) is 8.37. The summed E-state index contributed by atoms with van der Waals surface area (Å²) in [6.07, 6.45) is 0. The fourth-order valence-corrected chi connectivity index (χ4v) is 4.61. The number of rotatable bonds is 7. The van der Waals surface area contributed by atoms with Crippen molar-refractivity contribution in [1.82, 2.24) is 4.90 Å². The lowest BCUT2D eigenvalue weighted by molar-refractivity contribution is 0.0777. The zero-order valence-electron chi connectivity index (χ0n) is 17.7. The molecule has 0 aliphatic rings. The number of carbonyl (C=O) groups is 3.